The maximum absolute atomic E-state index is 11.8. The Labute approximate surface area is 172 Å². The molecule has 4 rings (SSSR count). The molecule has 1 atom stereocenters. The van der Waals surface area contributed by atoms with Crippen LogP contribution in [0.4, 0.5) is 5.82 Å². The molecule has 5 nitrogen and oxygen atoms in total. The van der Waals surface area contributed by atoms with Gasteiger partial charge < -0.3 is 10.4 Å². The molecular weight excluding hydrogens is 390 g/mol. The van der Waals surface area contributed by atoms with Crippen molar-refractivity contribution in [1.82, 2.24) is 9.97 Å². The number of aryl methyl sites for hydroxylation is 2. The van der Waals surface area contributed by atoms with Crippen molar-refractivity contribution in [3.8, 4) is 0 Å². The second-order valence-electron chi connectivity index (χ2n) is 7.00. The van der Waals surface area contributed by atoms with E-state index in [4.69, 9.17) is 9.97 Å². The van der Waals surface area contributed by atoms with Gasteiger partial charge in [0.25, 0.3) is 0 Å². The van der Waals surface area contributed by atoms with Crippen molar-refractivity contribution in [2.75, 3.05) is 17.3 Å². The summed E-state index contributed by atoms with van der Waals surface area (Å²) in [5.74, 6) is 1.37. The first-order valence-corrected chi connectivity index (χ1v) is 11.7. The van der Waals surface area contributed by atoms with Crippen molar-refractivity contribution < 1.29 is 9.90 Å². The van der Waals surface area contributed by atoms with Gasteiger partial charge in [0, 0.05) is 11.3 Å². The highest BCUT2D eigenvalue weighted by Crippen LogP contribution is 2.40. The van der Waals surface area contributed by atoms with Crippen molar-refractivity contribution in [3.05, 3.63) is 52.2 Å². The predicted molar refractivity (Wildman–Crippen MR) is 117 cm³/mol. The monoisotopic (exact) mass is 413 g/mol. The number of hydrogen-bond donors (Lipinski definition) is 2. The lowest BCUT2D eigenvalue weighted by molar-refractivity contribution is -0.137. The summed E-state index contributed by atoms with van der Waals surface area (Å²) in [5.41, 5.74) is 2.46. The molecule has 3 aromatic rings. The zero-order valence-electron chi connectivity index (χ0n) is 15.8. The molecule has 2 aromatic heterocycles. The molecule has 1 aromatic carbocycles. The minimum Gasteiger partial charge on any atom is -0.480 e. The van der Waals surface area contributed by atoms with Crippen molar-refractivity contribution in [2.24, 2.45) is 0 Å². The summed E-state index contributed by atoms with van der Waals surface area (Å²) in [7, 11) is 0. The van der Waals surface area contributed by atoms with Crippen LogP contribution >= 0.6 is 23.1 Å². The normalized spacial score (nSPS) is 14.2. The van der Waals surface area contributed by atoms with Crippen molar-refractivity contribution in [3.63, 3.8) is 0 Å². The first-order valence-electron chi connectivity index (χ1n) is 9.49. The topological polar surface area (TPSA) is 75.1 Å². The van der Waals surface area contributed by atoms with Crippen LogP contribution < -0.4 is 5.32 Å². The number of rotatable bonds is 8. The maximum atomic E-state index is 11.8. The average molecular weight is 414 g/mol. The van der Waals surface area contributed by atoms with E-state index in [1.165, 1.54) is 10.4 Å². The molecule has 1 unspecified atom stereocenters. The number of nitrogens with one attached hydrogen (secondary N) is 1. The molecule has 0 spiro atoms. The Bertz CT molecular complexity index is 988. The van der Waals surface area contributed by atoms with E-state index in [1.54, 1.807) is 23.1 Å². The summed E-state index contributed by atoms with van der Waals surface area (Å²) < 4.78 is 0. The second kappa shape index (κ2) is 8.49. The number of fused-ring (bicyclic) bond motifs is 3. The highest BCUT2D eigenvalue weighted by atomic mass is 32.2. The minimum atomic E-state index is -0.836. The highest BCUT2D eigenvalue weighted by molar-refractivity contribution is 7.98. The Balaban J connectivity index is 1.74. The molecule has 146 valence electrons. The first kappa shape index (κ1) is 19.2. The van der Waals surface area contributed by atoms with Crippen LogP contribution in [0.15, 0.2) is 30.3 Å². The largest absolute Gasteiger partial charge is 0.480 e. The molecule has 2 heterocycles. The number of thiophene rings is 1. The Morgan fingerprint density at radius 3 is 2.86 bits per heavy atom. The molecule has 0 saturated carbocycles. The number of carboxylic acid groups (broad SMARTS) is 1. The summed E-state index contributed by atoms with van der Waals surface area (Å²) in [4.78, 5) is 23.7. The molecular formula is C21H23N3O2S2. The molecule has 1 aliphatic carbocycles. The molecule has 0 radical (unpaired) electrons. The quantitative estimate of drug-likeness (QED) is 0.570. The molecule has 7 heteroatoms. The van der Waals surface area contributed by atoms with Gasteiger partial charge in [-0.1, -0.05) is 30.3 Å². The lowest BCUT2D eigenvalue weighted by Crippen LogP contribution is -2.30. The number of nitrogens with zero attached hydrogens (tertiary/aromatic N) is 2. The van der Waals surface area contributed by atoms with Crippen molar-refractivity contribution >= 4 is 45.1 Å². The lowest BCUT2D eigenvalue weighted by Gasteiger charge is -2.16. The zero-order chi connectivity index (χ0) is 19.5. The molecule has 1 aliphatic rings. The number of anilines is 1. The van der Waals surface area contributed by atoms with Gasteiger partial charge in [-0.2, -0.15) is 11.8 Å². The molecule has 0 fully saturated rings. The van der Waals surface area contributed by atoms with Crippen LogP contribution in [0.2, 0.25) is 0 Å². The Kier molecular flexibility index (Phi) is 5.82. The van der Waals surface area contributed by atoms with Crippen LogP contribution in [-0.2, 0) is 24.1 Å². The van der Waals surface area contributed by atoms with Crippen LogP contribution in [-0.4, -0.2) is 39.1 Å². The van der Waals surface area contributed by atoms with E-state index >= 15 is 0 Å². The van der Waals surface area contributed by atoms with E-state index in [2.05, 4.69) is 17.4 Å². The number of aliphatic carboxylic acids is 1. The highest BCUT2D eigenvalue weighted by Gasteiger charge is 2.25. The summed E-state index contributed by atoms with van der Waals surface area (Å²) in [6.45, 7) is 0. The van der Waals surface area contributed by atoms with Crippen molar-refractivity contribution in [1.29, 1.82) is 0 Å². The van der Waals surface area contributed by atoms with Crippen LogP contribution in [0.1, 0.15) is 34.7 Å². The van der Waals surface area contributed by atoms with E-state index in [-0.39, 0.29) is 0 Å². The molecule has 0 aliphatic heterocycles. The van der Waals surface area contributed by atoms with Gasteiger partial charge >= 0.3 is 5.97 Å². The maximum Gasteiger partial charge on any atom is 0.326 e. The van der Waals surface area contributed by atoms with Crippen LogP contribution in [0.5, 0.6) is 0 Å². The zero-order valence-corrected chi connectivity index (χ0v) is 17.4. The van der Waals surface area contributed by atoms with Gasteiger partial charge in [-0.25, -0.2) is 14.8 Å². The van der Waals surface area contributed by atoms with Crippen LogP contribution in [0.3, 0.4) is 0 Å². The van der Waals surface area contributed by atoms with E-state index in [0.29, 0.717) is 18.7 Å². The van der Waals surface area contributed by atoms with Crippen LogP contribution in [0, 0.1) is 0 Å². The number of benzene rings is 1. The minimum absolute atomic E-state index is 0.558. The fraction of sp³-hybridized carbons (Fsp3) is 0.381. The summed E-state index contributed by atoms with van der Waals surface area (Å²) in [6.07, 6.45) is 6.44. The average Bonchev–Trinajstić information content (AvgIpc) is 3.26. The Morgan fingerprint density at radius 2 is 2.11 bits per heavy atom. The number of carbonyl (C=O) groups is 1. The first-order chi connectivity index (χ1) is 13.7. The van der Waals surface area contributed by atoms with Gasteiger partial charge in [-0.3, -0.25) is 0 Å². The number of thioether (sulfide) groups is 1. The molecule has 0 amide bonds. The van der Waals surface area contributed by atoms with E-state index in [1.807, 2.05) is 24.5 Å². The molecule has 2 N–H and O–H groups in total. The van der Waals surface area contributed by atoms with Gasteiger partial charge in [0.2, 0.25) is 0 Å². The van der Waals surface area contributed by atoms with E-state index < -0.39 is 12.0 Å². The third kappa shape index (κ3) is 4.00. The molecule has 0 saturated heterocycles. The molecule has 0 bridgehead atoms. The van der Waals surface area contributed by atoms with Crippen molar-refractivity contribution in [2.45, 2.75) is 38.1 Å². The smallest absolute Gasteiger partial charge is 0.326 e. The third-order valence-electron chi connectivity index (χ3n) is 5.04. The summed E-state index contributed by atoms with van der Waals surface area (Å²) in [6, 6.07) is 9.49. The number of carboxylic acids is 1. The second-order valence-corrected chi connectivity index (χ2v) is 9.07. The Hall–Kier alpha value is -2.12. The summed E-state index contributed by atoms with van der Waals surface area (Å²) >= 11 is 3.39. The SMILES string of the molecule is CSCCC(Nc1nc(Cc2ccccc2)nc2sc3c(c12)CCC3)C(=O)O. The van der Waals surface area contributed by atoms with Crippen LogP contribution in [0.25, 0.3) is 10.2 Å². The Morgan fingerprint density at radius 1 is 1.29 bits per heavy atom. The van der Waals surface area contributed by atoms with Gasteiger partial charge in [0.1, 0.15) is 22.5 Å². The van der Waals surface area contributed by atoms with Gasteiger partial charge in [-0.15, -0.1) is 11.3 Å². The third-order valence-corrected chi connectivity index (χ3v) is 6.87. The summed E-state index contributed by atoms with van der Waals surface area (Å²) in [5, 5.41) is 13.9. The number of aromatic nitrogens is 2. The van der Waals surface area contributed by atoms with E-state index in [9.17, 15) is 9.90 Å². The van der Waals surface area contributed by atoms with Gasteiger partial charge in [0.05, 0.1) is 5.39 Å². The van der Waals surface area contributed by atoms with Gasteiger partial charge in [-0.05, 0) is 48.8 Å². The predicted octanol–water partition coefficient (Wildman–Crippen LogP) is 4.39. The fourth-order valence-electron chi connectivity index (χ4n) is 3.66. The lowest BCUT2D eigenvalue weighted by atomic mass is 10.1. The number of hydrogen-bond acceptors (Lipinski definition) is 6. The van der Waals surface area contributed by atoms with E-state index in [0.717, 1.165) is 46.6 Å². The molecule has 28 heavy (non-hydrogen) atoms. The van der Waals surface area contributed by atoms with Gasteiger partial charge in [0.15, 0.2) is 0 Å². The standard InChI is InChI=1S/C21H23N3O2S2/c1-27-11-10-15(21(25)26)22-19-18-14-8-5-9-16(14)28-20(18)24-17(23-19)12-13-6-3-2-4-7-13/h2-4,6-7,15H,5,8-12H2,1H3,(H,25,26)(H,22,23,24). The fourth-order valence-corrected chi connectivity index (χ4v) is 5.41.